The van der Waals surface area contributed by atoms with E-state index in [2.05, 4.69) is 0 Å². The van der Waals surface area contributed by atoms with Gasteiger partial charge in [-0.2, -0.15) is 11.3 Å². The molecule has 0 saturated carbocycles. The fourth-order valence-electron chi connectivity index (χ4n) is 1.90. The van der Waals surface area contributed by atoms with Gasteiger partial charge >= 0.3 is 0 Å². The van der Waals surface area contributed by atoms with Crippen LogP contribution in [-0.4, -0.2) is 5.75 Å². The van der Waals surface area contributed by atoms with Crippen LogP contribution in [0.3, 0.4) is 0 Å². The highest BCUT2D eigenvalue weighted by atomic mass is 32.2. The largest absolute Gasteiger partial charge is 0.455 e. The van der Waals surface area contributed by atoms with Crippen molar-refractivity contribution in [2.45, 2.75) is 4.90 Å². The second-order valence-corrected chi connectivity index (χ2v) is 5.97. The number of para-hydroxylation sites is 1. The number of hydrogen-bond acceptors (Lipinski definition) is 4. The van der Waals surface area contributed by atoms with Crippen LogP contribution < -0.4 is 5.43 Å². The van der Waals surface area contributed by atoms with Crippen LogP contribution in [0.15, 0.2) is 67.3 Å². The van der Waals surface area contributed by atoms with E-state index in [1.165, 1.54) is 11.8 Å². The van der Waals surface area contributed by atoms with Gasteiger partial charge in [0, 0.05) is 5.75 Å². The summed E-state index contributed by atoms with van der Waals surface area (Å²) in [7, 11) is 0. The Bertz CT molecular complexity index is 769. The monoisotopic (exact) mass is 300 g/mol. The van der Waals surface area contributed by atoms with E-state index in [4.69, 9.17) is 4.42 Å². The van der Waals surface area contributed by atoms with E-state index in [9.17, 15) is 4.79 Å². The Morgan fingerprint density at radius 1 is 1.05 bits per heavy atom. The number of thiophene rings is 1. The summed E-state index contributed by atoms with van der Waals surface area (Å²) < 4.78 is 5.66. The highest BCUT2D eigenvalue weighted by Crippen LogP contribution is 2.28. The highest BCUT2D eigenvalue weighted by Gasteiger charge is 2.14. The summed E-state index contributed by atoms with van der Waals surface area (Å²) in [6.45, 7) is 0. The van der Waals surface area contributed by atoms with Gasteiger partial charge in [-0.3, -0.25) is 4.79 Å². The third-order valence-electron chi connectivity index (χ3n) is 2.80. The van der Waals surface area contributed by atoms with Crippen LogP contribution in [0.25, 0.3) is 17.0 Å². The molecule has 4 rings (SSSR count). The molecule has 4 heteroatoms. The molecular formula is C16H12O2S2. The minimum atomic E-state index is 0.0844. The first kappa shape index (κ1) is 13.2. The summed E-state index contributed by atoms with van der Waals surface area (Å²) >= 11 is 3.25. The van der Waals surface area contributed by atoms with E-state index < -0.39 is 0 Å². The minimum Gasteiger partial charge on any atom is -0.455 e. The van der Waals surface area contributed by atoms with Crippen molar-refractivity contribution < 1.29 is 4.42 Å². The fraction of sp³-hybridized carbons (Fsp3) is 0.0625. The molecule has 0 fully saturated rings. The molecule has 0 radical (unpaired) electrons. The second-order valence-electron chi connectivity index (χ2n) is 4.13. The molecular weight excluding hydrogens is 288 g/mol. The second kappa shape index (κ2) is 6.11. The Labute approximate surface area is 124 Å². The summed E-state index contributed by atoms with van der Waals surface area (Å²) in [6.07, 6.45) is 3.88. The highest BCUT2D eigenvalue weighted by molar-refractivity contribution is 7.99. The average Bonchev–Trinajstić information content (AvgIpc) is 3.07. The summed E-state index contributed by atoms with van der Waals surface area (Å²) in [5.41, 5.74) is 0.745. The van der Waals surface area contributed by atoms with E-state index in [1.54, 1.807) is 17.4 Å². The lowest BCUT2D eigenvalue weighted by Gasteiger charge is -2.08. The third kappa shape index (κ3) is 2.71. The predicted octanol–water partition coefficient (Wildman–Crippen LogP) is 4.66. The average molecular weight is 300 g/mol. The Morgan fingerprint density at radius 3 is 2.60 bits per heavy atom. The summed E-state index contributed by atoms with van der Waals surface area (Å²) in [6, 6.07) is 11.4. The topological polar surface area (TPSA) is 30.2 Å². The summed E-state index contributed by atoms with van der Waals surface area (Å²) in [4.78, 5) is 12.8. The molecule has 1 aliphatic rings. The molecule has 1 aliphatic heterocycles. The van der Waals surface area contributed by atoms with E-state index in [0.717, 1.165) is 10.6 Å². The Morgan fingerprint density at radius 2 is 1.85 bits per heavy atom. The normalized spacial score (nSPS) is 12.6. The number of thioether (sulfide) groups is 1. The molecule has 0 atom stereocenters. The molecule has 0 bridgehead atoms. The van der Waals surface area contributed by atoms with Gasteiger partial charge in [0.25, 0.3) is 0 Å². The Kier molecular flexibility index (Phi) is 4.04. The maximum atomic E-state index is 12.1. The van der Waals surface area contributed by atoms with Gasteiger partial charge in [-0.1, -0.05) is 30.3 Å². The molecule has 0 spiro atoms. The number of hydrogen-bond donors (Lipinski definition) is 0. The molecule has 2 aromatic heterocycles. The first-order valence-corrected chi connectivity index (χ1v) is 8.11. The van der Waals surface area contributed by atoms with Crippen molar-refractivity contribution in [3.63, 3.8) is 0 Å². The summed E-state index contributed by atoms with van der Waals surface area (Å²) in [5.74, 6) is 1.53. The van der Waals surface area contributed by atoms with Gasteiger partial charge in [0.1, 0.15) is 11.3 Å². The van der Waals surface area contributed by atoms with Gasteiger partial charge in [-0.05, 0) is 29.0 Å². The maximum Gasteiger partial charge on any atom is 0.206 e. The van der Waals surface area contributed by atoms with Crippen LogP contribution >= 0.6 is 23.1 Å². The molecule has 0 saturated heterocycles. The first-order chi connectivity index (χ1) is 9.86. The van der Waals surface area contributed by atoms with E-state index in [-0.39, 0.29) is 5.43 Å². The van der Waals surface area contributed by atoms with Crippen molar-refractivity contribution in [1.29, 1.82) is 0 Å². The fourth-order valence-corrected chi connectivity index (χ4v) is 3.21. The third-order valence-corrected chi connectivity index (χ3v) is 4.46. The van der Waals surface area contributed by atoms with Crippen molar-refractivity contribution in [3.8, 4) is 0 Å². The van der Waals surface area contributed by atoms with Crippen LogP contribution in [0.2, 0.25) is 0 Å². The standard InChI is InChI=1S/C12H8O2S.C4H4S/c13-11-8-4-1-2-5-9(8)14-10-6-3-7-15-12(10)11;1-2-4-5-3-1/h1-6H,7H2;1-4H. The number of rotatable bonds is 0. The van der Waals surface area contributed by atoms with Gasteiger partial charge in [0.05, 0.1) is 10.3 Å². The van der Waals surface area contributed by atoms with Crippen molar-refractivity contribution in [1.82, 2.24) is 0 Å². The molecule has 0 unspecified atom stereocenters. The van der Waals surface area contributed by atoms with Gasteiger partial charge in [0.2, 0.25) is 5.43 Å². The van der Waals surface area contributed by atoms with Gasteiger partial charge in [-0.15, -0.1) is 11.8 Å². The van der Waals surface area contributed by atoms with Gasteiger partial charge in [0.15, 0.2) is 0 Å². The predicted molar refractivity (Wildman–Crippen MR) is 86.6 cm³/mol. The quantitative estimate of drug-likeness (QED) is 0.605. The molecule has 3 heterocycles. The molecule has 2 nitrogen and oxygen atoms in total. The molecule has 0 aliphatic carbocycles. The van der Waals surface area contributed by atoms with Crippen molar-refractivity contribution in [3.05, 3.63) is 69.2 Å². The van der Waals surface area contributed by atoms with Crippen LogP contribution in [0.4, 0.5) is 0 Å². The number of fused-ring (bicyclic) bond motifs is 2. The molecule has 3 aromatic rings. The zero-order valence-corrected chi connectivity index (χ0v) is 12.2. The SMILES string of the molecule is O=c1c2c(oc3ccccc13)C=CCS2.c1ccsc1. The molecule has 0 amide bonds. The van der Waals surface area contributed by atoms with Crippen LogP contribution in [0.1, 0.15) is 5.76 Å². The molecule has 20 heavy (non-hydrogen) atoms. The molecule has 0 N–H and O–H groups in total. The Hall–Kier alpha value is -1.78. The zero-order chi connectivity index (χ0) is 13.8. The van der Waals surface area contributed by atoms with Crippen LogP contribution in [0.5, 0.6) is 0 Å². The number of benzene rings is 1. The van der Waals surface area contributed by atoms with Gasteiger partial charge < -0.3 is 4.42 Å². The molecule has 100 valence electrons. The van der Waals surface area contributed by atoms with Gasteiger partial charge in [-0.25, -0.2) is 0 Å². The summed E-state index contributed by atoms with van der Waals surface area (Å²) in [5, 5.41) is 4.75. The van der Waals surface area contributed by atoms with Crippen molar-refractivity contribution in [2.24, 2.45) is 0 Å². The van der Waals surface area contributed by atoms with E-state index in [0.29, 0.717) is 16.7 Å². The lowest BCUT2D eigenvalue weighted by Crippen LogP contribution is -2.08. The lowest BCUT2D eigenvalue weighted by molar-refractivity contribution is 0.574. The lowest BCUT2D eigenvalue weighted by atomic mass is 10.2. The minimum absolute atomic E-state index is 0.0844. The smallest absolute Gasteiger partial charge is 0.206 e. The van der Waals surface area contributed by atoms with Crippen molar-refractivity contribution in [2.75, 3.05) is 5.75 Å². The molecule has 1 aromatic carbocycles. The first-order valence-electron chi connectivity index (χ1n) is 6.18. The van der Waals surface area contributed by atoms with E-state index in [1.807, 2.05) is 53.2 Å². The maximum absolute atomic E-state index is 12.1. The van der Waals surface area contributed by atoms with Crippen molar-refractivity contribution >= 4 is 40.1 Å². The van der Waals surface area contributed by atoms with E-state index >= 15 is 0 Å². The van der Waals surface area contributed by atoms with Crippen LogP contribution in [-0.2, 0) is 0 Å². The zero-order valence-electron chi connectivity index (χ0n) is 10.6. The Balaban J connectivity index is 0.000000205. The van der Waals surface area contributed by atoms with Crippen LogP contribution in [0, 0.1) is 0 Å².